The summed E-state index contributed by atoms with van der Waals surface area (Å²) in [6.45, 7) is 16.4. The molecule has 0 radical (unpaired) electrons. The van der Waals surface area contributed by atoms with Crippen LogP contribution in [0.15, 0.2) is 84.4 Å². The second-order valence-electron chi connectivity index (χ2n) is 21.4. The first kappa shape index (κ1) is 57.7. The summed E-state index contributed by atoms with van der Waals surface area (Å²) < 4.78 is 23.4. The standard InChI is InChI=1S/C58H78N10O9S/c1-39(41-14-16-42(17-15-41)53-40(2)60-38-78-53)61-56(72)48-12-9-25-68(48)57(73)54(58(3,4)5)62-51(70)22-30-74-32-34-76-35-33-75-31-23-52(71)66-28-26-65(27-29-66)43-18-20-44(21-19-43)67-24-8-10-45(37-67)77-50-36-47(63-64-55(50)59)46-11-6-7-13-49(46)69/h6-7,11,13-21,36,38-39,45,48,54,56,61,69,72H,8-10,12,22-35,37H2,1-5H3,(H2,59,64)(H,62,70)/t39-,45?,48-,54+,56?/m0/s1. The largest absolute Gasteiger partial charge is 0.507 e. The SMILES string of the molecule is Cc1ncsc1-c1ccc([C@H](C)NC(O)[C@@H]2CCCN2C(=O)[C@@H](NC(=O)CCOCCOCCOCCC(=O)N2CCN(c3ccc(N4CCCC(Oc5cc(-c6ccccc6O)nnc5N)C4)cc3)CC2)C(C)(C)C)cc1. The molecule has 3 aliphatic heterocycles. The molecule has 3 saturated heterocycles. The Kier molecular flexibility index (Phi) is 20.3. The molecule has 2 unspecified atom stereocenters. The number of rotatable bonds is 24. The van der Waals surface area contributed by atoms with Gasteiger partial charge in [-0.05, 0) is 92.5 Å². The van der Waals surface area contributed by atoms with Gasteiger partial charge in [0.15, 0.2) is 11.6 Å². The number of hydrogen-bond donors (Lipinski definition) is 5. The summed E-state index contributed by atoms with van der Waals surface area (Å²) >= 11 is 1.61. The molecule has 3 fully saturated rings. The van der Waals surface area contributed by atoms with Crippen LogP contribution in [0.2, 0.25) is 0 Å². The zero-order valence-corrected chi connectivity index (χ0v) is 46.6. The maximum atomic E-state index is 14.1. The van der Waals surface area contributed by atoms with Gasteiger partial charge in [-0.3, -0.25) is 19.7 Å². The van der Waals surface area contributed by atoms with E-state index in [9.17, 15) is 24.6 Å². The molecule has 0 saturated carbocycles. The number of hydrogen-bond acceptors (Lipinski definition) is 17. The lowest BCUT2D eigenvalue weighted by Gasteiger charge is -2.37. The maximum absolute atomic E-state index is 14.1. The van der Waals surface area contributed by atoms with E-state index in [0.29, 0.717) is 89.1 Å². The number of phenols is 1. The van der Waals surface area contributed by atoms with Crippen molar-refractivity contribution in [3.8, 4) is 33.2 Å². The summed E-state index contributed by atoms with van der Waals surface area (Å²) in [5, 5.41) is 36.3. The van der Waals surface area contributed by atoms with E-state index in [-0.39, 0.29) is 54.5 Å². The molecule has 420 valence electrons. The number of thiazole rings is 1. The number of ether oxygens (including phenoxy) is 4. The molecule has 5 heterocycles. The number of aliphatic hydroxyl groups excluding tert-OH is 1. The highest BCUT2D eigenvalue weighted by atomic mass is 32.1. The Labute approximate surface area is 462 Å². The van der Waals surface area contributed by atoms with Gasteiger partial charge in [0.1, 0.15) is 29.8 Å². The average Bonchev–Trinajstić information content (AvgIpc) is 4.14. The number of phenolic OH excluding ortho intramolecular Hbond substituents is 1. The summed E-state index contributed by atoms with van der Waals surface area (Å²) in [4.78, 5) is 54.0. The number of nitrogens with one attached hydrogen (secondary N) is 2. The van der Waals surface area contributed by atoms with Crippen LogP contribution in [0.4, 0.5) is 17.2 Å². The van der Waals surface area contributed by atoms with Crippen LogP contribution in [-0.2, 0) is 28.6 Å². The third-order valence-corrected chi connectivity index (χ3v) is 15.7. The van der Waals surface area contributed by atoms with Crippen LogP contribution >= 0.6 is 11.3 Å². The first-order valence-electron chi connectivity index (χ1n) is 27.4. The number of piperazine rings is 1. The van der Waals surface area contributed by atoms with E-state index in [1.54, 1.807) is 40.5 Å². The topological polar surface area (TPSA) is 230 Å². The molecule has 6 N–H and O–H groups in total. The number of para-hydroxylation sites is 1. The molecular weight excluding hydrogens is 1010 g/mol. The minimum atomic E-state index is -0.951. The number of piperidine rings is 1. The lowest BCUT2D eigenvalue weighted by atomic mass is 9.85. The molecule has 0 spiro atoms. The predicted octanol–water partition coefficient (Wildman–Crippen LogP) is 6.58. The normalized spacial score (nSPS) is 18.2. The number of benzene rings is 3. The number of nitrogens with zero attached hydrogens (tertiary/aromatic N) is 7. The van der Waals surface area contributed by atoms with Crippen LogP contribution < -0.4 is 30.9 Å². The third kappa shape index (κ3) is 15.4. The Bertz CT molecular complexity index is 2730. The number of nitrogens with two attached hydrogens (primary N) is 1. The number of aliphatic hydroxyl groups is 1. The van der Waals surface area contributed by atoms with Gasteiger partial charge in [0.25, 0.3) is 0 Å². The van der Waals surface area contributed by atoms with E-state index in [1.165, 1.54) is 0 Å². The lowest BCUT2D eigenvalue weighted by molar-refractivity contribution is -0.142. The highest BCUT2D eigenvalue weighted by Gasteiger charge is 2.42. The second kappa shape index (κ2) is 27.4. The van der Waals surface area contributed by atoms with E-state index in [1.807, 2.05) is 51.1 Å². The molecule has 5 aromatic rings. The van der Waals surface area contributed by atoms with Gasteiger partial charge >= 0.3 is 0 Å². The van der Waals surface area contributed by atoms with E-state index >= 15 is 0 Å². The molecule has 3 aliphatic rings. The van der Waals surface area contributed by atoms with Crippen LogP contribution in [0.3, 0.4) is 0 Å². The number of likely N-dealkylation sites (tertiary alicyclic amines) is 1. The van der Waals surface area contributed by atoms with Gasteiger partial charge in [0, 0.05) is 74.7 Å². The van der Waals surface area contributed by atoms with Gasteiger partial charge in [-0.1, -0.05) is 57.2 Å². The van der Waals surface area contributed by atoms with Crippen molar-refractivity contribution in [1.29, 1.82) is 0 Å². The van der Waals surface area contributed by atoms with E-state index in [0.717, 1.165) is 72.0 Å². The Morgan fingerprint density at radius 2 is 1.46 bits per heavy atom. The first-order chi connectivity index (χ1) is 37.6. The molecule has 20 heteroatoms. The van der Waals surface area contributed by atoms with E-state index in [2.05, 4.69) is 84.1 Å². The zero-order chi connectivity index (χ0) is 55.2. The van der Waals surface area contributed by atoms with Crippen molar-refractivity contribution in [3.05, 3.63) is 95.6 Å². The monoisotopic (exact) mass is 1090 g/mol. The average molecular weight is 1090 g/mol. The van der Waals surface area contributed by atoms with Crippen molar-refractivity contribution >= 4 is 46.3 Å². The van der Waals surface area contributed by atoms with Gasteiger partial charge in [-0.25, -0.2) is 4.98 Å². The number of aromatic hydroxyl groups is 1. The van der Waals surface area contributed by atoms with Gasteiger partial charge in [-0.15, -0.1) is 21.5 Å². The number of nitrogen functional groups attached to an aromatic ring is 1. The van der Waals surface area contributed by atoms with E-state index in [4.69, 9.17) is 24.7 Å². The maximum Gasteiger partial charge on any atom is 0.246 e. The number of amides is 3. The van der Waals surface area contributed by atoms with Crippen molar-refractivity contribution < 1.29 is 43.5 Å². The van der Waals surface area contributed by atoms with Crippen molar-refractivity contribution in [2.45, 2.75) is 104 Å². The smallest absolute Gasteiger partial charge is 0.246 e. The number of anilines is 3. The van der Waals surface area contributed by atoms with Crippen molar-refractivity contribution in [3.63, 3.8) is 0 Å². The number of carbonyl (C=O) groups is 3. The van der Waals surface area contributed by atoms with Gasteiger partial charge in [0.05, 0.1) is 74.7 Å². The Morgan fingerprint density at radius 1 is 0.808 bits per heavy atom. The molecule has 0 bridgehead atoms. The second-order valence-corrected chi connectivity index (χ2v) is 22.2. The Balaban J connectivity index is 0.660. The van der Waals surface area contributed by atoms with Crippen LogP contribution in [0, 0.1) is 12.3 Å². The van der Waals surface area contributed by atoms with Crippen LogP contribution in [-0.4, -0.2) is 163 Å². The minimum Gasteiger partial charge on any atom is -0.507 e. The fourth-order valence-corrected chi connectivity index (χ4v) is 11.1. The molecule has 19 nitrogen and oxygen atoms in total. The van der Waals surface area contributed by atoms with Crippen molar-refractivity contribution in [2.75, 3.05) is 101 Å². The zero-order valence-electron chi connectivity index (χ0n) is 45.8. The number of aromatic nitrogens is 3. The Hall–Kier alpha value is -6.42. The van der Waals surface area contributed by atoms with Gasteiger partial charge in [0.2, 0.25) is 17.7 Å². The minimum absolute atomic E-state index is 0.0697. The molecule has 3 amide bonds. The predicted molar refractivity (Wildman–Crippen MR) is 302 cm³/mol. The lowest BCUT2D eigenvalue weighted by Crippen LogP contribution is -2.58. The van der Waals surface area contributed by atoms with Gasteiger partial charge in [-0.2, -0.15) is 0 Å². The molecule has 8 rings (SSSR count). The van der Waals surface area contributed by atoms with Crippen LogP contribution in [0.25, 0.3) is 21.7 Å². The molecule has 2 aromatic heterocycles. The number of aryl methyl sites for hydroxylation is 1. The molecule has 5 atom stereocenters. The summed E-state index contributed by atoms with van der Waals surface area (Å²) in [7, 11) is 0. The van der Waals surface area contributed by atoms with Crippen molar-refractivity contribution in [1.82, 2.24) is 35.6 Å². The summed E-state index contributed by atoms with van der Waals surface area (Å²) in [6, 6.07) is 24.1. The van der Waals surface area contributed by atoms with E-state index < -0.39 is 23.7 Å². The summed E-state index contributed by atoms with van der Waals surface area (Å²) in [5.74, 6) is 0.348. The Morgan fingerprint density at radius 3 is 2.13 bits per heavy atom. The van der Waals surface area contributed by atoms with Crippen LogP contribution in [0.5, 0.6) is 11.5 Å². The quantitative estimate of drug-likeness (QED) is 0.0325. The molecular formula is C58H78N10O9S. The molecule has 0 aliphatic carbocycles. The summed E-state index contributed by atoms with van der Waals surface area (Å²) in [6.07, 6.45) is 2.57. The fourth-order valence-electron chi connectivity index (χ4n) is 10.3. The summed E-state index contributed by atoms with van der Waals surface area (Å²) in [5.41, 5.74) is 13.8. The molecule has 3 aromatic carbocycles. The fraction of sp³-hybridized carbons (Fsp3) is 0.517. The van der Waals surface area contributed by atoms with Gasteiger partial charge < -0.3 is 59.8 Å². The first-order valence-corrected chi connectivity index (χ1v) is 28.2. The number of carbonyl (C=O) groups excluding carboxylic acids is 3. The molecule has 78 heavy (non-hydrogen) atoms. The van der Waals surface area contributed by atoms with Crippen molar-refractivity contribution in [2.24, 2.45) is 5.41 Å². The highest BCUT2D eigenvalue weighted by molar-refractivity contribution is 7.13. The van der Waals surface area contributed by atoms with Crippen LogP contribution in [0.1, 0.15) is 83.5 Å². The highest BCUT2D eigenvalue weighted by Crippen LogP contribution is 2.34. The third-order valence-electron chi connectivity index (χ3n) is 14.7.